The highest BCUT2D eigenvalue weighted by atomic mass is 16.8. The summed E-state index contributed by atoms with van der Waals surface area (Å²) in [5, 5.41) is 4.43. The first-order chi connectivity index (χ1) is 12.5. The minimum absolute atomic E-state index is 0.166. The van der Waals surface area contributed by atoms with Gasteiger partial charge in [0.15, 0.2) is 0 Å². The maximum absolute atomic E-state index is 12.6. The zero-order chi connectivity index (χ0) is 18.3. The molecular weight excluding hydrogens is 336 g/mol. The van der Waals surface area contributed by atoms with E-state index in [1.54, 1.807) is 12.1 Å². The largest absolute Gasteiger partial charge is 0.379 e. The van der Waals surface area contributed by atoms with Crippen molar-refractivity contribution in [3.63, 3.8) is 0 Å². The average molecular weight is 350 g/mol. The van der Waals surface area contributed by atoms with Crippen LogP contribution in [0.25, 0.3) is 0 Å². The molecule has 2 amide bonds. The van der Waals surface area contributed by atoms with Crippen LogP contribution in [0.3, 0.4) is 0 Å². The molecule has 2 heterocycles. The summed E-state index contributed by atoms with van der Waals surface area (Å²) in [6.07, 6.45) is 0.166. The molecule has 0 fully saturated rings. The zero-order valence-electron chi connectivity index (χ0n) is 13.8. The number of carbonyl (C=O) groups is 3. The number of carbonyl (C=O) groups excluding carboxylic acids is 3. The van der Waals surface area contributed by atoms with E-state index in [-0.39, 0.29) is 17.5 Å². The van der Waals surface area contributed by atoms with Gasteiger partial charge in [-0.1, -0.05) is 52.7 Å². The molecule has 0 aromatic heterocycles. The fourth-order valence-corrected chi connectivity index (χ4v) is 2.86. The Morgan fingerprint density at radius 2 is 1.62 bits per heavy atom. The van der Waals surface area contributed by atoms with Gasteiger partial charge in [-0.2, -0.15) is 0 Å². The fourth-order valence-electron chi connectivity index (χ4n) is 2.86. The van der Waals surface area contributed by atoms with Crippen LogP contribution in [0.2, 0.25) is 0 Å². The molecular formula is C19H14N2O5. The second kappa shape index (κ2) is 5.80. The van der Waals surface area contributed by atoms with Crippen molar-refractivity contribution in [2.45, 2.75) is 18.9 Å². The minimum atomic E-state index is -1.42. The molecule has 1 atom stereocenters. The van der Waals surface area contributed by atoms with Crippen LogP contribution in [0.1, 0.15) is 39.6 Å². The van der Waals surface area contributed by atoms with Crippen LogP contribution in [-0.2, 0) is 14.5 Å². The van der Waals surface area contributed by atoms with Gasteiger partial charge in [-0.05, 0) is 24.6 Å². The lowest BCUT2D eigenvalue weighted by molar-refractivity contribution is -0.191. The molecule has 2 aliphatic heterocycles. The Kier molecular flexibility index (Phi) is 3.57. The molecule has 4 rings (SSSR count). The summed E-state index contributed by atoms with van der Waals surface area (Å²) in [5.41, 5.74) is 0.394. The highest BCUT2D eigenvalue weighted by Crippen LogP contribution is 2.30. The lowest BCUT2D eigenvalue weighted by Crippen LogP contribution is -2.43. The highest BCUT2D eigenvalue weighted by Gasteiger charge is 2.48. The summed E-state index contributed by atoms with van der Waals surface area (Å²) in [6.45, 7) is 1.51. The molecule has 7 heteroatoms. The van der Waals surface area contributed by atoms with Gasteiger partial charge in [-0.25, -0.2) is 4.79 Å². The molecule has 0 spiro atoms. The number of fused-ring (bicyclic) bond motifs is 1. The van der Waals surface area contributed by atoms with Crippen LogP contribution in [-0.4, -0.2) is 34.2 Å². The zero-order valence-corrected chi connectivity index (χ0v) is 13.8. The first kappa shape index (κ1) is 16.0. The third-order valence-electron chi connectivity index (χ3n) is 4.33. The van der Waals surface area contributed by atoms with E-state index in [2.05, 4.69) is 5.16 Å². The van der Waals surface area contributed by atoms with Gasteiger partial charge in [-0.3, -0.25) is 9.59 Å². The third kappa shape index (κ3) is 2.45. The Labute approximate surface area is 148 Å². The molecule has 1 unspecified atom stereocenters. The van der Waals surface area contributed by atoms with Crippen molar-refractivity contribution in [3.05, 3.63) is 71.3 Å². The Bertz CT molecular complexity index is 918. The van der Waals surface area contributed by atoms with E-state index in [1.807, 2.05) is 30.3 Å². The predicted octanol–water partition coefficient (Wildman–Crippen LogP) is 2.32. The fraction of sp³-hybridized carbons (Fsp3) is 0.158. The molecule has 2 aromatic rings. The van der Waals surface area contributed by atoms with Gasteiger partial charge in [0.2, 0.25) is 5.60 Å². The van der Waals surface area contributed by atoms with Gasteiger partial charge < -0.3 is 9.68 Å². The number of hydroxylamine groups is 2. The van der Waals surface area contributed by atoms with Crippen LogP contribution in [0.4, 0.5) is 0 Å². The van der Waals surface area contributed by atoms with Gasteiger partial charge >= 0.3 is 5.97 Å². The Morgan fingerprint density at radius 3 is 2.23 bits per heavy atom. The number of hydrogen-bond donors (Lipinski definition) is 0. The maximum Gasteiger partial charge on any atom is 0.379 e. The summed E-state index contributed by atoms with van der Waals surface area (Å²) in [7, 11) is 0. The van der Waals surface area contributed by atoms with Crippen molar-refractivity contribution in [3.8, 4) is 0 Å². The standard InChI is InChI=1S/C19H14N2O5/c1-19(11-15(20-26-19)12-7-3-2-4-8-12)18(24)25-21-16(22)13-9-5-6-10-14(13)17(21)23/h2-10H,11H2,1H3. The second-order valence-electron chi connectivity index (χ2n) is 6.23. The van der Waals surface area contributed by atoms with E-state index in [0.717, 1.165) is 5.56 Å². The second-order valence-corrected chi connectivity index (χ2v) is 6.23. The topological polar surface area (TPSA) is 85.3 Å². The normalized spacial score (nSPS) is 21.3. The van der Waals surface area contributed by atoms with Crippen LogP contribution < -0.4 is 0 Å². The van der Waals surface area contributed by atoms with Gasteiger partial charge in [0.25, 0.3) is 11.8 Å². The summed E-state index contributed by atoms with van der Waals surface area (Å²) in [4.78, 5) is 47.6. The van der Waals surface area contributed by atoms with Crippen molar-refractivity contribution in [2.24, 2.45) is 5.16 Å². The first-order valence-corrected chi connectivity index (χ1v) is 8.00. The number of rotatable bonds is 3. The van der Waals surface area contributed by atoms with Crippen molar-refractivity contribution in [2.75, 3.05) is 0 Å². The number of imide groups is 1. The molecule has 2 aliphatic rings. The van der Waals surface area contributed by atoms with Gasteiger partial charge in [0.05, 0.1) is 16.8 Å². The molecule has 0 bridgehead atoms. The Morgan fingerprint density at radius 1 is 1.04 bits per heavy atom. The van der Waals surface area contributed by atoms with Crippen LogP contribution in [0.15, 0.2) is 59.8 Å². The van der Waals surface area contributed by atoms with E-state index in [4.69, 9.17) is 9.68 Å². The number of amides is 2. The van der Waals surface area contributed by atoms with Crippen molar-refractivity contribution in [1.29, 1.82) is 0 Å². The van der Waals surface area contributed by atoms with E-state index in [9.17, 15) is 14.4 Å². The Hall–Kier alpha value is -3.48. The molecule has 0 radical (unpaired) electrons. The van der Waals surface area contributed by atoms with Crippen LogP contribution in [0.5, 0.6) is 0 Å². The van der Waals surface area contributed by atoms with Crippen LogP contribution >= 0.6 is 0 Å². The number of hydrogen-bond acceptors (Lipinski definition) is 6. The smallest absolute Gasteiger partial charge is 0.377 e. The molecule has 0 N–H and O–H groups in total. The summed E-state index contributed by atoms with van der Waals surface area (Å²) in [6, 6.07) is 15.6. The number of benzene rings is 2. The average Bonchev–Trinajstić information content (AvgIpc) is 3.18. The number of nitrogens with zero attached hydrogens (tertiary/aromatic N) is 2. The molecule has 0 saturated carbocycles. The van der Waals surface area contributed by atoms with Crippen molar-refractivity contribution >= 4 is 23.5 Å². The van der Waals surface area contributed by atoms with Gasteiger partial charge in [0.1, 0.15) is 0 Å². The van der Waals surface area contributed by atoms with E-state index < -0.39 is 23.4 Å². The van der Waals surface area contributed by atoms with E-state index in [1.165, 1.54) is 19.1 Å². The third-order valence-corrected chi connectivity index (χ3v) is 4.33. The molecule has 7 nitrogen and oxygen atoms in total. The molecule has 2 aromatic carbocycles. The van der Waals surface area contributed by atoms with Crippen molar-refractivity contribution < 1.29 is 24.1 Å². The first-order valence-electron chi connectivity index (χ1n) is 8.00. The lowest BCUT2D eigenvalue weighted by atomic mass is 9.96. The van der Waals surface area contributed by atoms with E-state index in [0.29, 0.717) is 10.8 Å². The molecule has 26 heavy (non-hydrogen) atoms. The lowest BCUT2D eigenvalue weighted by Gasteiger charge is -2.21. The van der Waals surface area contributed by atoms with Gasteiger partial charge in [0, 0.05) is 6.42 Å². The van der Waals surface area contributed by atoms with Crippen LogP contribution in [0, 0.1) is 0 Å². The van der Waals surface area contributed by atoms with E-state index >= 15 is 0 Å². The quantitative estimate of drug-likeness (QED) is 0.793. The number of oxime groups is 1. The summed E-state index contributed by atoms with van der Waals surface area (Å²) >= 11 is 0. The maximum atomic E-state index is 12.6. The van der Waals surface area contributed by atoms with Gasteiger partial charge in [-0.15, -0.1) is 0 Å². The highest BCUT2D eigenvalue weighted by molar-refractivity contribution is 6.21. The molecule has 0 aliphatic carbocycles. The monoisotopic (exact) mass is 350 g/mol. The summed E-state index contributed by atoms with van der Waals surface area (Å²) < 4.78 is 0. The molecule has 130 valence electrons. The SMILES string of the molecule is CC1(C(=O)ON2C(=O)c3ccccc3C2=O)CC(c2ccccc2)=NO1. The van der Waals surface area contributed by atoms with Crippen molar-refractivity contribution in [1.82, 2.24) is 5.06 Å². The molecule has 0 saturated heterocycles. The minimum Gasteiger partial charge on any atom is -0.377 e. The summed E-state index contributed by atoms with van der Waals surface area (Å²) in [5.74, 6) is -2.21. The Balaban J connectivity index is 1.50. The predicted molar refractivity (Wildman–Crippen MR) is 90.1 cm³/mol.